The van der Waals surface area contributed by atoms with Crippen molar-refractivity contribution in [2.45, 2.75) is 52.0 Å². The quantitative estimate of drug-likeness (QED) is 0.796. The van der Waals surface area contributed by atoms with E-state index in [9.17, 15) is 4.79 Å². The van der Waals surface area contributed by atoms with Gasteiger partial charge < -0.3 is 10.2 Å². The van der Waals surface area contributed by atoms with Gasteiger partial charge in [0.25, 0.3) is 0 Å². The van der Waals surface area contributed by atoms with Gasteiger partial charge in [0.05, 0.1) is 0 Å². The second-order valence-electron chi connectivity index (χ2n) is 5.94. The highest BCUT2D eigenvalue weighted by Crippen LogP contribution is 2.19. The van der Waals surface area contributed by atoms with Gasteiger partial charge in [-0.3, -0.25) is 4.79 Å². The first-order valence-corrected chi connectivity index (χ1v) is 8.34. The first kappa shape index (κ1) is 16.0. The summed E-state index contributed by atoms with van der Waals surface area (Å²) in [5.74, 6) is 0.306. The Morgan fingerprint density at radius 1 is 1.19 bits per heavy atom. The third-order valence-electron chi connectivity index (χ3n) is 4.14. The third-order valence-corrected chi connectivity index (χ3v) is 4.14. The van der Waals surface area contributed by atoms with Crippen LogP contribution in [0.4, 0.5) is 0 Å². The fourth-order valence-corrected chi connectivity index (χ4v) is 2.93. The van der Waals surface area contributed by atoms with Crippen LogP contribution in [-0.2, 0) is 11.2 Å². The van der Waals surface area contributed by atoms with Crippen LogP contribution in [0.2, 0.25) is 0 Å². The van der Waals surface area contributed by atoms with Crippen LogP contribution in [0.1, 0.15) is 56.7 Å². The average Bonchev–Trinajstić information content (AvgIpc) is 2.90. The zero-order valence-corrected chi connectivity index (χ0v) is 13.4. The van der Waals surface area contributed by atoms with Crippen molar-refractivity contribution in [3.05, 3.63) is 35.4 Å². The summed E-state index contributed by atoms with van der Waals surface area (Å²) in [5, 5.41) is 3.59. The topological polar surface area (TPSA) is 32.3 Å². The second kappa shape index (κ2) is 8.18. The maximum atomic E-state index is 11.9. The van der Waals surface area contributed by atoms with E-state index >= 15 is 0 Å². The summed E-state index contributed by atoms with van der Waals surface area (Å²) in [6, 6.07) is 9.15. The lowest BCUT2D eigenvalue weighted by Crippen LogP contribution is -2.36. The van der Waals surface area contributed by atoms with E-state index in [2.05, 4.69) is 43.4 Å². The number of likely N-dealkylation sites (tertiary alicyclic amines) is 1. The van der Waals surface area contributed by atoms with Gasteiger partial charge in [-0.15, -0.1) is 0 Å². The van der Waals surface area contributed by atoms with Crippen LogP contribution in [0.15, 0.2) is 24.3 Å². The van der Waals surface area contributed by atoms with Crippen LogP contribution >= 0.6 is 0 Å². The molecule has 1 fully saturated rings. The van der Waals surface area contributed by atoms with Crippen LogP contribution in [0.5, 0.6) is 0 Å². The number of carbonyl (C=O) groups is 1. The number of rotatable bonds is 8. The molecule has 1 saturated heterocycles. The Balaban J connectivity index is 2.05. The lowest BCUT2D eigenvalue weighted by atomic mass is 10.0. The minimum atomic E-state index is 0.252. The molecule has 0 radical (unpaired) electrons. The standard InChI is InChI=1S/C18H28N2O/c1-3-6-15-8-10-16(11-9-15)17(19-12-4-2)14-20-13-5-7-18(20)21/h8-11,17,19H,3-7,12-14H2,1-2H3. The Labute approximate surface area is 128 Å². The van der Waals surface area contributed by atoms with Crippen molar-refractivity contribution in [3.63, 3.8) is 0 Å². The molecular weight excluding hydrogens is 260 g/mol. The maximum absolute atomic E-state index is 11.9. The molecule has 1 unspecified atom stereocenters. The Morgan fingerprint density at radius 2 is 1.95 bits per heavy atom. The Hall–Kier alpha value is -1.35. The van der Waals surface area contributed by atoms with Crippen LogP contribution in [0.3, 0.4) is 0 Å². The summed E-state index contributed by atoms with van der Waals surface area (Å²) in [7, 11) is 0. The molecular formula is C18H28N2O. The summed E-state index contributed by atoms with van der Waals surface area (Å²) in [5.41, 5.74) is 2.69. The Kier molecular flexibility index (Phi) is 6.24. The lowest BCUT2D eigenvalue weighted by molar-refractivity contribution is -0.128. The summed E-state index contributed by atoms with van der Waals surface area (Å²) in [6.07, 6.45) is 5.15. The van der Waals surface area contributed by atoms with Crippen molar-refractivity contribution in [3.8, 4) is 0 Å². The van der Waals surface area contributed by atoms with Crippen LogP contribution < -0.4 is 5.32 Å². The molecule has 116 valence electrons. The molecule has 1 amide bonds. The van der Waals surface area contributed by atoms with E-state index in [4.69, 9.17) is 0 Å². The lowest BCUT2D eigenvalue weighted by Gasteiger charge is -2.25. The van der Waals surface area contributed by atoms with Gasteiger partial charge in [-0.1, -0.05) is 44.5 Å². The number of nitrogens with one attached hydrogen (secondary N) is 1. The van der Waals surface area contributed by atoms with Crippen LogP contribution in [0, 0.1) is 0 Å². The van der Waals surface area contributed by atoms with Crippen molar-refractivity contribution < 1.29 is 4.79 Å². The zero-order valence-electron chi connectivity index (χ0n) is 13.4. The molecule has 1 aromatic rings. The van der Waals surface area contributed by atoms with Gasteiger partial charge in [0.1, 0.15) is 0 Å². The normalized spacial score (nSPS) is 16.5. The molecule has 1 aliphatic rings. The molecule has 1 heterocycles. The Morgan fingerprint density at radius 3 is 2.52 bits per heavy atom. The minimum Gasteiger partial charge on any atom is -0.341 e. The van der Waals surface area contributed by atoms with Crippen molar-refractivity contribution in [2.24, 2.45) is 0 Å². The number of hydrogen-bond acceptors (Lipinski definition) is 2. The van der Waals surface area contributed by atoms with Gasteiger partial charge in [0.15, 0.2) is 0 Å². The van der Waals surface area contributed by atoms with Gasteiger partial charge in [-0.2, -0.15) is 0 Å². The van der Waals surface area contributed by atoms with Crippen molar-refractivity contribution >= 4 is 5.91 Å². The fourth-order valence-electron chi connectivity index (χ4n) is 2.93. The monoisotopic (exact) mass is 288 g/mol. The third kappa shape index (κ3) is 4.57. The fraction of sp³-hybridized carbons (Fsp3) is 0.611. The summed E-state index contributed by atoms with van der Waals surface area (Å²) < 4.78 is 0. The van der Waals surface area contributed by atoms with E-state index in [-0.39, 0.29) is 6.04 Å². The van der Waals surface area contributed by atoms with E-state index in [1.807, 2.05) is 4.90 Å². The molecule has 3 heteroatoms. The van der Waals surface area contributed by atoms with Crippen molar-refractivity contribution in [1.29, 1.82) is 0 Å². The van der Waals surface area contributed by atoms with Gasteiger partial charge in [-0.05, 0) is 36.9 Å². The largest absolute Gasteiger partial charge is 0.341 e. The zero-order chi connectivity index (χ0) is 15.1. The highest BCUT2D eigenvalue weighted by atomic mass is 16.2. The summed E-state index contributed by atoms with van der Waals surface area (Å²) in [4.78, 5) is 13.9. The molecule has 1 atom stereocenters. The van der Waals surface area contributed by atoms with Gasteiger partial charge in [0, 0.05) is 25.6 Å². The summed E-state index contributed by atoms with van der Waals surface area (Å²) in [6.45, 7) is 7.08. The van der Waals surface area contributed by atoms with E-state index in [0.717, 1.165) is 45.3 Å². The number of carbonyl (C=O) groups excluding carboxylic acids is 1. The first-order chi connectivity index (χ1) is 10.2. The van der Waals surface area contributed by atoms with E-state index in [0.29, 0.717) is 5.91 Å². The highest BCUT2D eigenvalue weighted by molar-refractivity contribution is 5.78. The van der Waals surface area contributed by atoms with E-state index < -0.39 is 0 Å². The van der Waals surface area contributed by atoms with Gasteiger partial charge >= 0.3 is 0 Å². The number of amides is 1. The second-order valence-corrected chi connectivity index (χ2v) is 5.94. The molecule has 0 aromatic heterocycles. The number of nitrogens with zero attached hydrogens (tertiary/aromatic N) is 1. The number of benzene rings is 1. The molecule has 0 saturated carbocycles. The van der Waals surface area contributed by atoms with E-state index in [1.54, 1.807) is 0 Å². The molecule has 0 spiro atoms. The predicted molar refractivity (Wildman–Crippen MR) is 87.3 cm³/mol. The Bertz CT molecular complexity index is 441. The molecule has 0 aliphatic carbocycles. The molecule has 1 aliphatic heterocycles. The molecule has 21 heavy (non-hydrogen) atoms. The number of hydrogen-bond donors (Lipinski definition) is 1. The van der Waals surface area contributed by atoms with Gasteiger partial charge in [0.2, 0.25) is 5.91 Å². The minimum absolute atomic E-state index is 0.252. The molecule has 0 bridgehead atoms. The smallest absolute Gasteiger partial charge is 0.222 e. The maximum Gasteiger partial charge on any atom is 0.222 e. The molecule has 3 nitrogen and oxygen atoms in total. The number of aryl methyl sites for hydroxylation is 1. The SMILES string of the molecule is CCCNC(CN1CCCC1=O)c1ccc(CCC)cc1. The van der Waals surface area contributed by atoms with E-state index in [1.165, 1.54) is 17.5 Å². The van der Waals surface area contributed by atoms with Crippen molar-refractivity contribution in [2.75, 3.05) is 19.6 Å². The van der Waals surface area contributed by atoms with Crippen LogP contribution in [-0.4, -0.2) is 30.4 Å². The molecule has 2 rings (SSSR count). The van der Waals surface area contributed by atoms with Gasteiger partial charge in [-0.25, -0.2) is 0 Å². The predicted octanol–water partition coefficient (Wildman–Crippen LogP) is 3.30. The molecule has 1 N–H and O–H groups in total. The first-order valence-electron chi connectivity index (χ1n) is 8.34. The van der Waals surface area contributed by atoms with Crippen molar-refractivity contribution in [1.82, 2.24) is 10.2 Å². The summed E-state index contributed by atoms with van der Waals surface area (Å²) >= 11 is 0. The van der Waals surface area contributed by atoms with Crippen LogP contribution in [0.25, 0.3) is 0 Å². The average molecular weight is 288 g/mol. The molecule has 1 aromatic carbocycles. The highest BCUT2D eigenvalue weighted by Gasteiger charge is 2.23.